The van der Waals surface area contributed by atoms with Gasteiger partial charge < -0.3 is 9.32 Å². The second-order valence-electron chi connectivity index (χ2n) is 13.3. The van der Waals surface area contributed by atoms with Crippen molar-refractivity contribution in [3.63, 3.8) is 0 Å². The average Bonchev–Trinajstić information content (AvgIpc) is 3.60. The number of benzene rings is 9. The zero-order chi connectivity index (χ0) is 34.4. The van der Waals surface area contributed by atoms with Gasteiger partial charge in [-0.25, -0.2) is 0 Å². The normalized spacial score (nSPS) is 11.5. The van der Waals surface area contributed by atoms with Crippen molar-refractivity contribution in [2.75, 3.05) is 4.90 Å². The van der Waals surface area contributed by atoms with Gasteiger partial charge in [-0.3, -0.25) is 0 Å². The fraction of sp³-hybridized carbons (Fsp3) is 0. The maximum atomic E-state index is 6.48. The summed E-state index contributed by atoms with van der Waals surface area (Å²) < 4.78 is 6.48. The highest BCUT2D eigenvalue weighted by atomic mass is 16.3. The summed E-state index contributed by atoms with van der Waals surface area (Å²) in [6.45, 7) is 0. The Morgan fingerprint density at radius 1 is 0.327 bits per heavy atom. The van der Waals surface area contributed by atoms with E-state index in [2.05, 4.69) is 199 Å². The minimum Gasteiger partial charge on any atom is -0.456 e. The van der Waals surface area contributed by atoms with Crippen LogP contribution in [0.4, 0.5) is 17.1 Å². The molecule has 0 aliphatic carbocycles. The van der Waals surface area contributed by atoms with Gasteiger partial charge in [0.05, 0.1) is 5.69 Å². The Balaban J connectivity index is 1.20. The summed E-state index contributed by atoms with van der Waals surface area (Å²) in [5, 5.41) is 7.13. The summed E-state index contributed by atoms with van der Waals surface area (Å²) in [4.78, 5) is 2.40. The van der Waals surface area contributed by atoms with Crippen LogP contribution < -0.4 is 4.90 Å². The van der Waals surface area contributed by atoms with Crippen LogP contribution in [0.3, 0.4) is 0 Å². The summed E-state index contributed by atoms with van der Waals surface area (Å²) in [5.74, 6) is 0. The van der Waals surface area contributed by atoms with E-state index >= 15 is 0 Å². The Hall–Kier alpha value is -6.90. The Kier molecular flexibility index (Phi) is 7.18. The standard InChI is InChI=1S/C50H33NO/c1-3-13-34(14-4-1)36-23-27-40(28-24-36)51(41-29-25-35-15-7-8-18-38(35)31-41)47-30-26-39(32-46(47)37-16-5-2-6-17-37)45-33-49-50(43-20-10-9-19-42(43)45)44-21-11-12-22-48(44)52-49/h1-33H. The van der Waals surface area contributed by atoms with Crippen LogP contribution in [0.1, 0.15) is 0 Å². The highest BCUT2D eigenvalue weighted by molar-refractivity contribution is 6.22. The lowest BCUT2D eigenvalue weighted by atomic mass is 9.92. The average molecular weight is 664 g/mol. The van der Waals surface area contributed by atoms with Gasteiger partial charge in [0.2, 0.25) is 0 Å². The molecule has 0 saturated heterocycles. The third-order valence-electron chi connectivity index (χ3n) is 10.2. The first kappa shape index (κ1) is 30.0. The minimum atomic E-state index is 0.900. The van der Waals surface area contributed by atoms with Gasteiger partial charge in [0.1, 0.15) is 11.2 Å². The summed E-state index contributed by atoms with van der Waals surface area (Å²) in [6, 6.07) is 71.7. The van der Waals surface area contributed by atoms with Crippen molar-refractivity contribution < 1.29 is 4.42 Å². The number of anilines is 3. The number of nitrogens with zero attached hydrogens (tertiary/aromatic N) is 1. The van der Waals surface area contributed by atoms with E-state index in [1.165, 1.54) is 32.7 Å². The molecule has 0 unspecified atom stereocenters. The second kappa shape index (κ2) is 12.5. The van der Waals surface area contributed by atoms with Crippen molar-refractivity contribution in [3.05, 3.63) is 200 Å². The van der Waals surface area contributed by atoms with Crippen molar-refractivity contribution in [1.82, 2.24) is 0 Å². The van der Waals surface area contributed by atoms with Crippen LogP contribution in [-0.2, 0) is 0 Å². The van der Waals surface area contributed by atoms with Crippen molar-refractivity contribution >= 4 is 60.5 Å². The monoisotopic (exact) mass is 663 g/mol. The molecule has 2 nitrogen and oxygen atoms in total. The van der Waals surface area contributed by atoms with Crippen molar-refractivity contribution in [3.8, 4) is 33.4 Å². The summed E-state index contributed by atoms with van der Waals surface area (Å²) >= 11 is 0. The third-order valence-corrected chi connectivity index (χ3v) is 10.2. The molecule has 52 heavy (non-hydrogen) atoms. The summed E-state index contributed by atoms with van der Waals surface area (Å²) in [6.07, 6.45) is 0. The predicted molar refractivity (Wildman–Crippen MR) is 220 cm³/mol. The van der Waals surface area contributed by atoms with Crippen molar-refractivity contribution in [1.29, 1.82) is 0 Å². The molecule has 0 aliphatic rings. The number of hydrogen-bond donors (Lipinski definition) is 0. The molecule has 0 radical (unpaired) electrons. The van der Waals surface area contributed by atoms with E-state index in [4.69, 9.17) is 4.42 Å². The van der Waals surface area contributed by atoms with Crippen LogP contribution in [0.2, 0.25) is 0 Å². The van der Waals surface area contributed by atoms with Crippen LogP contribution in [0.25, 0.3) is 76.9 Å². The van der Waals surface area contributed by atoms with Crippen LogP contribution >= 0.6 is 0 Å². The molecule has 0 spiro atoms. The van der Waals surface area contributed by atoms with Gasteiger partial charge in [0, 0.05) is 27.7 Å². The van der Waals surface area contributed by atoms with Crippen LogP contribution in [-0.4, -0.2) is 0 Å². The Bertz CT molecular complexity index is 2890. The van der Waals surface area contributed by atoms with E-state index in [0.29, 0.717) is 0 Å². The molecule has 0 N–H and O–H groups in total. The lowest BCUT2D eigenvalue weighted by Gasteiger charge is -2.29. The highest BCUT2D eigenvalue weighted by Crippen LogP contribution is 2.46. The second-order valence-corrected chi connectivity index (χ2v) is 13.3. The molecule has 10 aromatic rings. The molecular weight excluding hydrogens is 631 g/mol. The quantitative estimate of drug-likeness (QED) is 0.176. The van der Waals surface area contributed by atoms with Crippen LogP contribution in [0, 0.1) is 0 Å². The third kappa shape index (κ3) is 5.12. The maximum Gasteiger partial charge on any atom is 0.136 e. The zero-order valence-electron chi connectivity index (χ0n) is 28.4. The number of fused-ring (bicyclic) bond motifs is 6. The van der Waals surface area contributed by atoms with E-state index in [1.807, 2.05) is 6.07 Å². The fourth-order valence-corrected chi connectivity index (χ4v) is 7.75. The molecule has 0 amide bonds. The van der Waals surface area contributed by atoms with Gasteiger partial charge >= 0.3 is 0 Å². The zero-order valence-corrected chi connectivity index (χ0v) is 28.4. The maximum absolute atomic E-state index is 6.48. The van der Waals surface area contributed by atoms with Gasteiger partial charge in [-0.15, -0.1) is 0 Å². The molecule has 244 valence electrons. The molecule has 2 heteroatoms. The summed E-state index contributed by atoms with van der Waals surface area (Å²) in [5.41, 5.74) is 12.1. The molecule has 0 atom stereocenters. The predicted octanol–water partition coefficient (Wildman–Crippen LogP) is 14.4. The van der Waals surface area contributed by atoms with E-state index in [0.717, 1.165) is 61.3 Å². The Morgan fingerprint density at radius 3 is 1.71 bits per heavy atom. The van der Waals surface area contributed by atoms with Crippen molar-refractivity contribution in [2.45, 2.75) is 0 Å². The largest absolute Gasteiger partial charge is 0.456 e. The lowest BCUT2D eigenvalue weighted by Crippen LogP contribution is -2.11. The molecule has 0 bridgehead atoms. The molecule has 1 heterocycles. The number of rotatable bonds is 6. The number of hydrogen-bond acceptors (Lipinski definition) is 2. The molecule has 0 aliphatic heterocycles. The van der Waals surface area contributed by atoms with Crippen LogP contribution in [0.5, 0.6) is 0 Å². The van der Waals surface area contributed by atoms with E-state index in [1.54, 1.807) is 0 Å². The first-order valence-corrected chi connectivity index (χ1v) is 17.8. The van der Waals surface area contributed by atoms with Crippen LogP contribution in [0.15, 0.2) is 205 Å². The van der Waals surface area contributed by atoms with Gasteiger partial charge in [-0.1, -0.05) is 152 Å². The van der Waals surface area contributed by atoms with Gasteiger partial charge in [-0.05, 0) is 97.9 Å². The van der Waals surface area contributed by atoms with Gasteiger partial charge in [0.15, 0.2) is 0 Å². The highest BCUT2D eigenvalue weighted by Gasteiger charge is 2.21. The number of para-hydroxylation sites is 1. The Labute approximate surface area is 302 Å². The van der Waals surface area contributed by atoms with Gasteiger partial charge in [0.25, 0.3) is 0 Å². The molecule has 10 rings (SSSR count). The minimum absolute atomic E-state index is 0.900. The van der Waals surface area contributed by atoms with E-state index in [-0.39, 0.29) is 0 Å². The van der Waals surface area contributed by atoms with Gasteiger partial charge in [-0.2, -0.15) is 0 Å². The molecule has 9 aromatic carbocycles. The fourth-order valence-electron chi connectivity index (χ4n) is 7.75. The molecule has 0 fully saturated rings. The molecule has 1 aromatic heterocycles. The molecular formula is C50H33NO. The first-order valence-electron chi connectivity index (χ1n) is 17.8. The number of furan rings is 1. The Morgan fingerprint density at radius 2 is 0.923 bits per heavy atom. The molecule has 0 saturated carbocycles. The lowest BCUT2D eigenvalue weighted by molar-refractivity contribution is 0.669. The van der Waals surface area contributed by atoms with Crippen molar-refractivity contribution in [2.24, 2.45) is 0 Å². The van der Waals surface area contributed by atoms with E-state index < -0.39 is 0 Å². The van der Waals surface area contributed by atoms with E-state index in [9.17, 15) is 0 Å². The smallest absolute Gasteiger partial charge is 0.136 e. The SMILES string of the molecule is c1ccc(-c2ccc(N(c3ccc4ccccc4c3)c3ccc(-c4cc5oc6ccccc6c5c5ccccc45)cc3-c3ccccc3)cc2)cc1. The first-order chi connectivity index (χ1) is 25.8. The topological polar surface area (TPSA) is 16.4 Å². The summed E-state index contributed by atoms with van der Waals surface area (Å²) in [7, 11) is 0.